The molecule has 1 aromatic heterocycles. The number of nitrogens with zero attached hydrogens (tertiary/aromatic N) is 1. The van der Waals surface area contributed by atoms with Crippen LogP contribution in [0.4, 0.5) is 0 Å². The van der Waals surface area contributed by atoms with Gasteiger partial charge in [-0.3, -0.25) is 0 Å². The molecule has 0 radical (unpaired) electrons. The van der Waals surface area contributed by atoms with Gasteiger partial charge in [0.05, 0.1) is 4.88 Å². The van der Waals surface area contributed by atoms with Crippen molar-refractivity contribution < 1.29 is 9.63 Å². The molecule has 2 N–H and O–H groups in total. The van der Waals surface area contributed by atoms with Crippen LogP contribution in [0, 0.1) is 0 Å². The molecule has 0 saturated heterocycles. The molecule has 0 spiro atoms. The van der Waals surface area contributed by atoms with Gasteiger partial charge in [0, 0.05) is 11.1 Å². The standard InChI is InChI=1S/C14H11ClN2O2S/c15-11-5-2-1-4-10(11)7-8-13(18)19-17-14(16)12-6-3-9-20-12/h1-9H,(H2,16,17)/b8-7+. The van der Waals surface area contributed by atoms with Crippen LogP contribution in [0.3, 0.4) is 0 Å². The second-order valence-electron chi connectivity index (χ2n) is 3.72. The van der Waals surface area contributed by atoms with Crippen LogP contribution in [0.1, 0.15) is 10.4 Å². The Hall–Kier alpha value is -2.11. The van der Waals surface area contributed by atoms with E-state index >= 15 is 0 Å². The zero-order valence-electron chi connectivity index (χ0n) is 10.3. The summed E-state index contributed by atoms with van der Waals surface area (Å²) in [5.74, 6) is -0.455. The van der Waals surface area contributed by atoms with Crippen molar-refractivity contribution >= 4 is 40.8 Å². The number of benzene rings is 1. The maximum Gasteiger partial charge on any atom is 0.358 e. The summed E-state index contributed by atoms with van der Waals surface area (Å²) in [6, 6.07) is 10.8. The third kappa shape index (κ3) is 3.94. The monoisotopic (exact) mass is 306 g/mol. The fraction of sp³-hybridized carbons (Fsp3) is 0. The third-order valence-corrected chi connectivity index (χ3v) is 3.55. The molecule has 4 nitrogen and oxygen atoms in total. The van der Waals surface area contributed by atoms with Gasteiger partial charge in [0.25, 0.3) is 0 Å². The minimum atomic E-state index is -0.621. The fourth-order valence-electron chi connectivity index (χ4n) is 1.36. The third-order valence-electron chi connectivity index (χ3n) is 2.31. The van der Waals surface area contributed by atoms with Crippen molar-refractivity contribution in [1.82, 2.24) is 0 Å². The van der Waals surface area contributed by atoms with E-state index in [0.717, 1.165) is 10.4 Å². The molecule has 2 aromatic rings. The highest BCUT2D eigenvalue weighted by Gasteiger charge is 2.02. The molecule has 0 aliphatic carbocycles. The number of hydrogen-bond acceptors (Lipinski definition) is 4. The average molecular weight is 307 g/mol. The van der Waals surface area contributed by atoms with Gasteiger partial charge in [-0.05, 0) is 29.2 Å². The summed E-state index contributed by atoms with van der Waals surface area (Å²) in [6.07, 6.45) is 2.80. The maximum atomic E-state index is 11.5. The minimum absolute atomic E-state index is 0.166. The van der Waals surface area contributed by atoms with Gasteiger partial charge in [-0.15, -0.1) is 11.3 Å². The van der Waals surface area contributed by atoms with Crippen LogP contribution < -0.4 is 5.73 Å². The lowest BCUT2D eigenvalue weighted by molar-refractivity contribution is -0.137. The molecular weight excluding hydrogens is 296 g/mol. The minimum Gasteiger partial charge on any atom is -0.380 e. The highest BCUT2D eigenvalue weighted by atomic mass is 35.5. The first-order valence-electron chi connectivity index (χ1n) is 5.68. The molecule has 1 heterocycles. The average Bonchev–Trinajstić information content (AvgIpc) is 2.98. The van der Waals surface area contributed by atoms with E-state index < -0.39 is 5.97 Å². The Morgan fingerprint density at radius 2 is 2.10 bits per heavy atom. The van der Waals surface area contributed by atoms with Gasteiger partial charge in [-0.25, -0.2) is 4.79 Å². The van der Waals surface area contributed by atoms with Crippen LogP contribution in [-0.4, -0.2) is 11.8 Å². The van der Waals surface area contributed by atoms with Crippen LogP contribution in [-0.2, 0) is 9.63 Å². The zero-order valence-corrected chi connectivity index (χ0v) is 11.9. The smallest absolute Gasteiger partial charge is 0.358 e. The number of thiophene rings is 1. The van der Waals surface area contributed by atoms with Crippen molar-refractivity contribution in [1.29, 1.82) is 0 Å². The quantitative estimate of drug-likeness (QED) is 0.310. The van der Waals surface area contributed by atoms with Crippen molar-refractivity contribution in [2.75, 3.05) is 0 Å². The van der Waals surface area contributed by atoms with Gasteiger partial charge < -0.3 is 10.6 Å². The molecule has 6 heteroatoms. The molecule has 0 aliphatic rings. The van der Waals surface area contributed by atoms with E-state index in [4.69, 9.17) is 22.2 Å². The SMILES string of the molecule is N/C(=N\OC(=O)/C=C/c1ccccc1Cl)c1cccs1. The summed E-state index contributed by atoms with van der Waals surface area (Å²) >= 11 is 7.37. The first-order chi connectivity index (χ1) is 9.66. The van der Waals surface area contributed by atoms with Crippen LogP contribution >= 0.6 is 22.9 Å². The fourth-order valence-corrected chi connectivity index (χ4v) is 2.18. The molecule has 0 bridgehead atoms. The van der Waals surface area contributed by atoms with E-state index in [9.17, 15) is 4.79 Å². The molecule has 2 rings (SSSR count). The number of halogens is 1. The number of carbonyl (C=O) groups excluding carboxylic acids is 1. The molecule has 20 heavy (non-hydrogen) atoms. The van der Waals surface area contributed by atoms with Crippen molar-refractivity contribution in [3.63, 3.8) is 0 Å². The predicted octanol–water partition coefficient (Wildman–Crippen LogP) is 3.28. The molecular formula is C14H11ClN2O2S. The van der Waals surface area contributed by atoms with Gasteiger partial charge in [0.15, 0.2) is 5.84 Å². The van der Waals surface area contributed by atoms with Crippen molar-refractivity contribution in [2.45, 2.75) is 0 Å². The second-order valence-corrected chi connectivity index (χ2v) is 5.07. The highest BCUT2D eigenvalue weighted by molar-refractivity contribution is 7.12. The van der Waals surface area contributed by atoms with Crippen molar-refractivity contribution in [3.05, 3.63) is 63.3 Å². The zero-order chi connectivity index (χ0) is 14.4. The van der Waals surface area contributed by atoms with Crippen molar-refractivity contribution in [3.8, 4) is 0 Å². The van der Waals surface area contributed by atoms with E-state index in [2.05, 4.69) is 5.16 Å². The van der Waals surface area contributed by atoms with Gasteiger partial charge >= 0.3 is 5.97 Å². The lowest BCUT2D eigenvalue weighted by atomic mass is 10.2. The lowest BCUT2D eigenvalue weighted by Gasteiger charge is -1.97. The number of hydrogen-bond donors (Lipinski definition) is 1. The van der Waals surface area contributed by atoms with Crippen LogP contribution in [0.25, 0.3) is 6.08 Å². The van der Waals surface area contributed by atoms with E-state index in [1.165, 1.54) is 17.4 Å². The normalized spacial score (nSPS) is 11.8. The number of rotatable bonds is 4. The Bertz CT molecular complexity index is 651. The highest BCUT2D eigenvalue weighted by Crippen LogP contribution is 2.16. The van der Waals surface area contributed by atoms with E-state index in [0.29, 0.717) is 5.02 Å². The van der Waals surface area contributed by atoms with E-state index in [1.807, 2.05) is 23.6 Å². The molecule has 0 saturated carbocycles. The largest absolute Gasteiger partial charge is 0.380 e. The molecule has 102 valence electrons. The second kappa shape index (κ2) is 6.88. The van der Waals surface area contributed by atoms with Crippen LogP contribution in [0.15, 0.2) is 53.0 Å². The van der Waals surface area contributed by atoms with E-state index in [1.54, 1.807) is 24.3 Å². The number of oxime groups is 1. The molecule has 0 fully saturated rings. The lowest BCUT2D eigenvalue weighted by Crippen LogP contribution is -2.13. The Kier molecular flexibility index (Phi) is 4.92. The van der Waals surface area contributed by atoms with Gasteiger partial charge in [-0.2, -0.15) is 0 Å². The first kappa shape index (κ1) is 14.3. The summed E-state index contributed by atoms with van der Waals surface area (Å²) in [7, 11) is 0. The van der Waals surface area contributed by atoms with Crippen LogP contribution in [0.2, 0.25) is 5.02 Å². The topological polar surface area (TPSA) is 64.7 Å². The Labute approximate surface area is 125 Å². The summed E-state index contributed by atoms with van der Waals surface area (Å²) in [4.78, 5) is 16.9. The number of carbonyl (C=O) groups is 1. The summed E-state index contributed by atoms with van der Waals surface area (Å²) in [5.41, 5.74) is 6.38. The first-order valence-corrected chi connectivity index (χ1v) is 6.93. The maximum absolute atomic E-state index is 11.5. The van der Waals surface area contributed by atoms with Crippen LogP contribution in [0.5, 0.6) is 0 Å². The Morgan fingerprint density at radius 3 is 2.80 bits per heavy atom. The van der Waals surface area contributed by atoms with Gasteiger partial charge in [0.2, 0.25) is 0 Å². The molecule has 0 aliphatic heterocycles. The Morgan fingerprint density at radius 1 is 1.30 bits per heavy atom. The summed E-state index contributed by atoms with van der Waals surface area (Å²) < 4.78 is 0. The molecule has 0 amide bonds. The summed E-state index contributed by atoms with van der Waals surface area (Å²) in [6.45, 7) is 0. The Balaban J connectivity index is 1.96. The predicted molar refractivity (Wildman–Crippen MR) is 81.6 cm³/mol. The van der Waals surface area contributed by atoms with E-state index in [-0.39, 0.29) is 5.84 Å². The van der Waals surface area contributed by atoms with Crippen molar-refractivity contribution in [2.24, 2.45) is 10.9 Å². The molecule has 0 atom stereocenters. The van der Waals surface area contributed by atoms with Gasteiger partial charge in [0.1, 0.15) is 0 Å². The number of nitrogens with two attached hydrogens (primary N) is 1. The summed E-state index contributed by atoms with van der Waals surface area (Å²) in [5, 5.41) is 5.98. The number of amidine groups is 1. The molecule has 1 aromatic carbocycles. The van der Waals surface area contributed by atoms with Gasteiger partial charge in [-0.1, -0.05) is 41.0 Å². The molecule has 0 unspecified atom stereocenters.